The van der Waals surface area contributed by atoms with Gasteiger partial charge in [-0.1, -0.05) is 44.2 Å². The van der Waals surface area contributed by atoms with Gasteiger partial charge in [-0.15, -0.1) is 0 Å². The molecule has 2 aromatic rings. The molecule has 0 aliphatic carbocycles. The van der Waals surface area contributed by atoms with Crippen LogP contribution in [0.25, 0.3) is 0 Å². The molecule has 0 aliphatic heterocycles. The van der Waals surface area contributed by atoms with E-state index in [1.807, 2.05) is 37.3 Å². The van der Waals surface area contributed by atoms with E-state index >= 15 is 0 Å². The average molecular weight is 338 g/mol. The standard InChI is InChI=1S/C21H26N2O2/c1-15(2)13-14-22-20(24)18-9-11-19(12-10-18)21(25)23-16(3)17-7-5-4-6-8-17/h4-12,15-16H,13-14H2,1-3H3,(H,22,24)(H,23,25). The largest absolute Gasteiger partial charge is 0.352 e. The molecule has 25 heavy (non-hydrogen) atoms. The van der Waals surface area contributed by atoms with E-state index in [4.69, 9.17) is 0 Å². The topological polar surface area (TPSA) is 58.2 Å². The molecule has 0 saturated carbocycles. The van der Waals surface area contributed by atoms with Gasteiger partial charge in [0.2, 0.25) is 0 Å². The van der Waals surface area contributed by atoms with Gasteiger partial charge < -0.3 is 10.6 Å². The number of benzene rings is 2. The molecule has 4 nitrogen and oxygen atoms in total. The Labute approximate surface area is 149 Å². The molecule has 2 N–H and O–H groups in total. The van der Waals surface area contributed by atoms with Crippen LogP contribution in [0, 0.1) is 5.92 Å². The fourth-order valence-corrected chi connectivity index (χ4v) is 2.45. The summed E-state index contributed by atoms with van der Waals surface area (Å²) in [6, 6.07) is 16.5. The molecular weight excluding hydrogens is 312 g/mol. The Balaban J connectivity index is 1.92. The van der Waals surface area contributed by atoms with Gasteiger partial charge in [0.1, 0.15) is 0 Å². The highest BCUT2D eigenvalue weighted by atomic mass is 16.2. The molecule has 0 saturated heterocycles. The normalized spacial score (nSPS) is 11.8. The minimum atomic E-state index is -0.150. The Hall–Kier alpha value is -2.62. The first-order valence-electron chi connectivity index (χ1n) is 8.71. The summed E-state index contributed by atoms with van der Waals surface area (Å²) in [6.45, 7) is 6.85. The summed E-state index contributed by atoms with van der Waals surface area (Å²) in [5.41, 5.74) is 2.16. The lowest BCUT2D eigenvalue weighted by atomic mass is 10.1. The van der Waals surface area contributed by atoms with Crippen LogP contribution in [0.5, 0.6) is 0 Å². The van der Waals surface area contributed by atoms with Gasteiger partial charge in [-0.05, 0) is 49.1 Å². The molecule has 0 radical (unpaired) electrons. The maximum atomic E-state index is 12.3. The number of nitrogens with one attached hydrogen (secondary N) is 2. The predicted octanol–water partition coefficient (Wildman–Crippen LogP) is 3.95. The van der Waals surface area contributed by atoms with E-state index in [1.165, 1.54) is 0 Å². The molecule has 0 fully saturated rings. The summed E-state index contributed by atoms with van der Waals surface area (Å²) >= 11 is 0. The van der Waals surface area contributed by atoms with Crippen molar-refractivity contribution in [1.29, 1.82) is 0 Å². The van der Waals surface area contributed by atoms with Crippen molar-refractivity contribution in [3.05, 3.63) is 71.3 Å². The molecule has 2 amide bonds. The Morgan fingerprint density at radius 1 is 0.840 bits per heavy atom. The predicted molar refractivity (Wildman–Crippen MR) is 101 cm³/mol. The van der Waals surface area contributed by atoms with Crippen LogP contribution >= 0.6 is 0 Å². The van der Waals surface area contributed by atoms with Crippen LogP contribution in [0.4, 0.5) is 0 Å². The van der Waals surface area contributed by atoms with Crippen LogP contribution < -0.4 is 10.6 Å². The van der Waals surface area contributed by atoms with Gasteiger partial charge in [0.25, 0.3) is 11.8 Å². The van der Waals surface area contributed by atoms with Crippen LogP contribution in [0.1, 0.15) is 59.5 Å². The molecule has 1 unspecified atom stereocenters. The second kappa shape index (κ2) is 9.02. The first kappa shape index (κ1) is 18.7. The van der Waals surface area contributed by atoms with Crippen LogP contribution in [0.2, 0.25) is 0 Å². The van der Waals surface area contributed by atoms with Crippen molar-refractivity contribution in [3.8, 4) is 0 Å². The van der Waals surface area contributed by atoms with Gasteiger partial charge in [0.05, 0.1) is 6.04 Å². The molecule has 0 aliphatic rings. The second-order valence-corrected chi connectivity index (χ2v) is 6.62. The van der Waals surface area contributed by atoms with Gasteiger partial charge in [-0.3, -0.25) is 9.59 Å². The van der Waals surface area contributed by atoms with Crippen molar-refractivity contribution in [2.45, 2.75) is 33.2 Å². The Morgan fingerprint density at radius 2 is 1.40 bits per heavy atom. The van der Waals surface area contributed by atoms with Crippen molar-refractivity contribution in [2.75, 3.05) is 6.54 Å². The molecule has 0 heterocycles. The maximum absolute atomic E-state index is 12.3. The summed E-state index contributed by atoms with van der Waals surface area (Å²) in [6.07, 6.45) is 0.948. The van der Waals surface area contributed by atoms with E-state index in [0.29, 0.717) is 23.6 Å². The van der Waals surface area contributed by atoms with E-state index in [2.05, 4.69) is 24.5 Å². The highest BCUT2D eigenvalue weighted by Gasteiger charge is 2.12. The van der Waals surface area contributed by atoms with Crippen LogP contribution in [0.3, 0.4) is 0 Å². The molecule has 0 spiro atoms. The first-order valence-corrected chi connectivity index (χ1v) is 8.71. The quantitative estimate of drug-likeness (QED) is 0.803. The third-order valence-corrected chi connectivity index (χ3v) is 4.06. The van der Waals surface area contributed by atoms with E-state index in [0.717, 1.165) is 12.0 Å². The first-order chi connectivity index (χ1) is 12.0. The average Bonchev–Trinajstić information content (AvgIpc) is 2.62. The van der Waals surface area contributed by atoms with E-state index < -0.39 is 0 Å². The Bertz CT molecular complexity index is 694. The van der Waals surface area contributed by atoms with Crippen molar-refractivity contribution < 1.29 is 9.59 Å². The molecule has 132 valence electrons. The number of carbonyl (C=O) groups is 2. The minimum absolute atomic E-state index is 0.0762. The monoisotopic (exact) mass is 338 g/mol. The van der Waals surface area contributed by atoms with E-state index in [1.54, 1.807) is 24.3 Å². The van der Waals surface area contributed by atoms with Gasteiger partial charge in [0.15, 0.2) is 0 Å². The molecule has 0 aromatic heterocycles. The number of hydrogen-bond acceptors (Lipinski definition) is 2. The number of amides is 2. The van der Waals surface area contributed by atoms with Crippen molar-refractivity contribution >= 4 is 11.8 Å². The van der Waals surface area contributed by atoms with Crippen molar-refractivity contribution in [3.63, 3.8) is 0 Å². The zero-order chi connectivity index (χ0) is 18.2. The molecule has 1 atom stereocenters. The molecule has 0 bridgehead atoms. The maximum Gasteiger partial charge on any atom is 0.251 e. The molecule has 2 aromatic carbocycles. The minimum Gasteiger partial charge on any atom is -0.352 e. The lowest BCUT2D eigenvalue weighted by Gasteiger charge is -2.14. The van der Waals surface area contributed by atoms with Crippen molar-refractivity contribution in [1.82, 2.24) is 10.6 Å². The van der Waals surface area contributed by atoms with Gasteiger partial charge in [-0.25, -0.2) is 0 Å². The van der Waals surface area contributed by atoms with Crippen LogP contribution in [-0.4, -0.2) is 18.4 Å². The second-order valence-electron chi connectivity index (χ2n) is 6.62. The smallest absolute Gasteiger partial charge is 0.251 e. The summed E-state index contributed by atoms with van der Waals surface area (Å²) in [7, 11) is 0. The van der Waals surface area contributed by atoms with Gasteiger partial charge in [0, 0.05) is 17.7 Å². The lowest BCUT2D eigenvalue weighted by Crippen LogP contribution is -2.27. The fraction of sp³-hybridized carbons (Fsp3) is 0.333. The molecule has 2 rings (SSSR count). The lowest BCUT2D eigenvalue weighted by molar-refractivity contribution is 0.0932. The van der Waals surface area contributed by atoms with E-state index in [-0.39, 0.29) is 17.9 Å². The van der Waals surface area contributed by atoms with Crippen LogP contribution in [0.15, 0.2) is 54.6 Å². The molecular formula is C21H26N2O2. The third-order valence-electron chi connectivity index (χ3n) is 4.06. The number of hydrogen-bond donors (Lipinski definition) is 2. The van der Waals surface area contributed by atoms with Gasteiger partial charge >= 0.3 is 0 Å². The zero-order valence-electron chi connectivity index (χ0n) is 15.1. The van der Waals surface area contributed by atoms with Crippen molar-refractivity contribution in [2.24, 2.45) is 5.92 Å². The fourth-order valence-electron chi connectivity index (χ4n) is 2.45. The summed E-state index contributed by atoms with van der Waals surface area (Å²) in [5.74, 6) is 0.298. The Morgan fingerprint density at radius 3 is 1.96 bits per heavy atom. The summed E-state index contributed by atoms with van der Waals surface area (Å²) in [4.78, 5) is 24.4. The van der Waals surface area contributed by atoms with E-state index in [9.17, 15) is 9.59 Å². The summed E-state index contributed by atoms with van der Waals surface area (Å²) in [5, 5.41) is 5.86. The number of rotatable bonds is 7. The summed E-state index contributed by atoms with van der Waals surface area (Å²) < 4.78 is 0. The third kappa shape index (κ3) is 5.75. The SMILES string of the molecule is CC(C)CCNC(=O)c1ccc(C(=O)NC(C)c2ccccc2)cc1. The number of carbonyl (C=O) groups excluding carboxylic acids is 2. The zero-order valence-corrected chi connectivity index (χ0v) is 15.1. The highest BCUT2D eigenvalue weighted by molar-refractivity contribution is 5.97. The highest BCUT2D eigenvalue weighted by Crippen LogP contribution is 2.13. The van der Waals surface area contributed by atoms with Crippen LogP contribution in [-0.2, 0) is 0 Å². The Kier molecular flexibility index (Phi) is 6.75. The van der Waals surface area contributed by atoms with Gasteiger partial charge in [-0.2, -0.15) is 0 Å². The molecule has 4 heteroatoms.